The lowest BCUT2D eigenvalue weighted by Gasteiger charge is -2.31. The SMILES string of the molecule is CCCCC(CC)CN(CC(CC)CCCC)C(=O)Nc1ccc(C)c(OC#N)c1. The van der Waals surface area contributed by atoms with Crippen LogP contribution in [0.4, 0.5) is 10.5 Å². The number of nitrogens with zero attached hydrogens (tertiary/aromatic N) is 2. The van der Waals surface area contributed by atoms with Gasteiger partial charge in [-0.15, -0.1) is 5.26 Å². The van der Waals surface area contributed by atoms with Gasteiger partial charge >= 0.3 is 6.03 Å². The van der Waals surface area contributed by atoms with Crippen LogP contribution in [0.2, 0.25) is 0 Å². The quantitative estimate of drug-likeness (QED) is 0.329. The van der Waals surface area contributed by atoms with Gasteiger partial charge in [0.15, 0.2) is 0 Å². The van der Waals surface area contributed by atoms with Gasteiger partial charge in [-0.05, 0) is 43.2 Å². The Bertz CT molecular complexity index is 651. The van der Waals surface area contributed by atoms with Crippen LogP contribution in [0.25, 0.3) is 0 Å². The smallest absolute Gasteiger partial charge is 0.321 e. The molecule has 0 aliphatic rings. The average Bonchev–Trinajstić information content (AvgIpc) is 2.75. The molecule has 2 amide bonds. The number of hydrogen-bond acceptors (Lipinski definition) is 3. The second kappa shape index (κ2) is 14.7. The summed E-state index contributed by atoms with van der Waals surface area (Å²) in [6.07, 6.45) is 11.0. The van der Waals surface area contributed by atoms with E-state index in [2.05, 4.69) is 33.0 Å². The molecule has 0 saturated heterocycles. The van der Waals surface area contributed by atoms with Crippen molar-refractivity contribution in [2.45, 2.75) is 86.0 Å². The van der Waals surface area contributed by atoms with Crippen molar-refractivity contribution >= 4 is 11.7 Å². The molecule has 0 fully saturated rings. The molecule has 0 bridgehead atoms. The molecule has 168 valence electrons. The largest absolute Gasteiger partial charge is 0.388 e. The van der Waals surface area contributed by atoms with Crippen LogP contribution >= 0.6 is 0 Å². The van der Waals surface area contributed by atoms with Crippen LogP contribution in [-0.4, -0.2) is 24.0 Å². The van der Waals surface area contributed by atoms with Crippen LogP contribution in [0.3, 0.4) is 0 Å². The molecule has 30 heavy (non-hydrogen) atoms. The molecule has 2 unspecified atom stereocenters. The van der Waals surface area contributed by atoms with Crippen molar-refractivity contribution in [1.29, 1.82) is 5.26 Å². The summed E-state index contributed by atoms with van der Waals surface area (Å²) in [5, 5.41) is 11.9. The molecule has 5 nitrogen and oxygen atoms in total. The van der Waals surface area contributed by atoms with Gasteiger partial charge in [-0.3, -0.25) is 0 Å². The number of rotatable bonds is 14. The molecule has 0 aromatic heterocycles. The number of amides is 2. The van der Waals surface area contributed by atoms with Gasteiger partial charge in [0.05, 0.1) is 0 Å². The summed E-state index contributed by atoms with van der Waals surface area (Å²) < 4.78 is 5.01. The molecule has 0 radical (unpaired) electrons. The summed E-state index contributed by atoms with van der Waals surface area (Å²) in [6.45, 7) is 12.3. The number of anilines is 1. The fourth-order valence-corrected chi connectivity index (χ4v) is 3.74. The number of carbonyl (C=O) groups is 1. The first-order valence-electron chi connectivity index (χ1n) is 11.7. The van der Waals surface area contributed by atoms with Gasteiger partial charge < -0.3 is 15.0 Å². The van der Waals surface area contributed by atoms with Gasteiger partial charge in [0.1, 0.15) is 5.75 Å². The highest BCUT2D eigenvalue weighted by atomic mass is 16.5. The van der Waals surface area contributed by atoms with E-state index in [1.54, 1.807) is 12.3 Å². The maximum Gasteiger partial charge on any atom is 0.321 e. The Kier molecular flexibility index (Phi) is 12.7. The van der Waals surface area contributed by atoms with Crippen molar-refractivity contribution in [2.24, 2.45) is 11.8 Å². The first-order valence-corrected chi connectivity index (χ1v) is 11.7. The van der Waals surface area contributed by atoms with Crippen LogP contribution in [0.15, 0.2) is 18.2 Å². The van der Waals surface area contributed by atoms with Crippen LogP contribution < -0.4 is 10.1 Å². The van der Waals surface area contributed by atoms with Gasteiger partial charge in [-0.1, -0.05) is 72.3 Å². The summed E-state index contributed by atoms with van der Waals surface area (Å²) >= 11 is 0. The molecular formula is C25H41N3O2. The minimum Gasteiger partial charge on any atom is -0.388 e. The van der Waals surface area contributed by atoms with Crippen molar-refractivity contribution in [1.82, 2.24) is 4.90 Å². The lowest BCUT2D eigenvalue weighted by atomic mass is 9.96. The summed E-state index contributed by atoms with van der Waals surface area (Å²) in [4.78, 5) is 15.2. The van der Waals surface area contributed by atoms with Gasteiger partial charge in [-0.25, -0.2) is 4.79 Å². The molecule has 0 heterocycles. The number of carbonyl (C=O) groups excluding carboxylic acids is 1. The Morgan fingerprint density at radius 3 is 2.10 bits per heavy atom. The minimum atomic E-state index is -0.0633. The van der Waals surface area contributed by atoms with E-state index in [4.69, 9.17) is 10.00 Å². The molecular weight excluding hydrogens is 374 g/mol. The number of aryl methyl sites for hydroxylation is 1. The Labute approximate surface area is 183 Å². The zero-order valence-electron chi connectivity index (χ0n) is 19.7. The summed E-state index contributed by atoms with van der Waals surface area (Å²) in [5.74, 6) is 1.52. The maximum absolute atomic E-state index is 13.2. The Hall–Kier alpha value is -2.22. The average molecular weight is 416 g/mol. The van der Waals surface area contributed by atoms with E-state index in [1.165, 1.54) is 25.7 Å². The first-order chi connectivity index (χ1) is 14.5. The van der Waals surface area contributed by atoms with E-state index in [0.29, 0.717) is 23.3 Å². The lowest BCUT2D eigenvalue weighted by Crippen LogP contribution is -2.41. The Balaban J connectivity index is 2.96. The predicted molar refractivity (Wildman–Crippen MR) is 125 cm³/mol. The predicted octanol–water partition coefficient (Wildman–Crippen LogP) is 7.12. The van der Waals surface area contributed by atoms with E-state index in [-0.39, 0.29) is 6.03 Å². The monoisotopic (exact) mass is 415 g/mol. The van der Waals surface area contributed by atoms with Gasteiger partial charge in [0.2, 0.25) is 0 Å². The molecule has 0 spiro atoms. The molecule has 2 atom stereocenters. The number of benzene rings is 1. The number of unbranched alkanes of at least 4 members (excludes halogenated alkanes) is 2. The molecule has 1 rings (SSSR count). The third kappa shape index (κ3) is 9.07. The number of nitrogens with one attached hydrogen (secondary N) is 1. The third-order valence-corrected chi connectivity index (χ3v) is 5.93. The van der Waals surface area contributed by atoms with Gasteiger partial charge in [0, 0.05) is 24.8 Å². The molecule has 0 saturated carbocycles. The fourth-order valence-electron chi connectivity index (χ4n) is 3.74. The van der Waals surface area contributed by atoms with E-state index in [0.717, 1.165) is 44.3 Å². The van der Waals surface area contributed by atoms with E-state index in [1.807, 2.05) is 24.0 Å². The zero-order valence-corrected chi connectivity index (χ0v) is 19.7. The normalized spacial score (nSPS) is 12.7. The van der Waals surface area contributed by atoms with Crippen molar-refractivity contribution < 1.29 is 9.53 Å². The van der Waals surface area contributed by atoms with Crippen molar-refractivity contribution in [3.63, 3.8) is 0 Å². The maximum atomic E-state index is 13.2. The second-order valence-corrected chi connectivity index (χ2v) is 8.34. The molecule has 1 aromatic rings. The molecule has 5 heteroatoms. The highest BCUT2D eigenvalue weighted by Crippen LogP contribution is 2.24. The minimum absolute atomic E-state index is 0.0633. The molecule has 0 aliphatic carbocycles. The summed E-state index contributed by atoms with van der Waals surface area (Å²) in [6, 6.07) is 5.38. The number of nitriles is 1. The molecule has 1 N–H and O–H groups in total. The fraction of sp³-hybridized carbons (Fsp3) is 0.680. The topological polar surface area (TPSA) is 65.4 Å². The van der Waals surface area contributed by atoms with Crippen LogP contribution in [0.1, 0.15) is 84.6 Å². The van der Waals surface area contributed by atoms with Crippen LogP contribution in [0, 0.1) is 30.3 Å². The van der Waals surface area contributed by atoms with E-state index in [9.17, 15) is 4.79 Å². The lowest BCUT2D eigenvalue weighted by molar-refractivity contribution is 0.181. The Morgan fingerprint density at radius 2 is 1.63 bits per heavy atom. The third-order valence-electron chi connectivity index (χ3n) is 5.93. The second-order valence-electron chi connectivity index (χ2n) is 8.34. The van der Waals surface area contributed by atoms with Crippen molar-refractivity contribution in [2.75, 3.05) is 18.4 Å². The zero-order chi connectivity index (χ0) is 22.4. The van der Waals surface area contributed by atoms with Crippen LogP contribution in [-0.2, 0) is 0 Å². The molecule has 1 aromatic carbocycles. The summed E-state index contributed by atoms with van der Waals surface area (Å²) in [5.41, 5.74) is 1.52. The number of urea groups is 1. The Morgan fingerprint density at radius 1 is 1.07 bits per heavy atom. The van der Waals surface area contributed by atoms with Gasteiger partial charge in [0.25, 0.3) is 6.26 Å². The van der Waals surface area contributed by atoms with Crippen molar-refractivity contribution in [3.8, 4) is 12.0 Å². The first kappa shape index (κ1) is 25.8. The number of hydrogen-bond donors (Lipinski definition) is 1. The van der Waals surface area contributed by atoms with Gasteiger partial charge in [-0.2, -0.15) is 0 Å². The number of ether oxygens (including phenoxy) is 1. The highest BCUT2D eigenvalue weighted by molar-refractivity contribution is 5.89. The van der Waals surface area contributed by atoms with E-state index < -0.39 is 0 Å². The summed E-state index contributed by atoms with van der Waals surface area (Å²) in [7, 11) is 0. The standard InChI is InChI=1S/C25H41N3O2/c1-6-10-12-21(8-3)17-28(18-22(9-4)13-11-7-2)25(29)27-23-15-14-20(5)24(16-23)30-19-26/h14-16,21-22H,6-13,17-18H2,1-5H3,(H,27,29). The van der Waals surface area contributed by atoms with Crippen molar-refractivity contribution in [3.05, 3.63) is 23.8 Å². The molecule has 0 aliphatic heterocycles. The highest BCUT2D eigenvalue weighted by Gasteiger charge is 2.21. The van der Waals surface area contributed by atoms with E-state index >= 15 is 0 Å². The van der Waals surface area contributed by atoms with Crippen LogP contribution in [0.5, 0.6) is 5.75 Å².